The maximum absolute atomic E-state index is 13.0. The highest BCUT2D eigenvalue weighted by Crippen LogP contribution is 2.19. The van der Waals surface area contributed by atoms with Crippen molar-refractivity contribution in [1.29, 1.82) is 0 Å². The average molecular weight is 462 g/mol. The van der Waals surface area contributed by atoms with Crippen molar-refractivity contribution in [3.63, 3.8) is 0 Å². The van der Waals surface area contributed by atoms with Crippen LogP contribution in [0.5, 0.6) is 5.75 Å². The van der Waals surface area contributed by atoms with E-state index in [1.54, 1.807) is 17.0 Å². The Morgan fingerprint density at radius 1 is 0.879 bits per heavy atom. The summed E-state index contributed by atoms with van der Waals surface area (Å²) < 4.78 is 6.01. The van der Waals surface area contributed by atoms with Crippen LogP contribution in [0, 0.1) is 0 Å². The van der Waals surface area contributed by atoms with E-state index in [4.69, 9.17) is 4.74 Å². The molecular weight excluding hydrogens is 418 g/mol. The lowest BCUT2D eigenvalue weighted by molar-refractivity contribution is -0.143. The number of likely N-dealkylation sites (N-methyl/N-ethyl adjacent to an activating group) is 2. The van der Waals surface area contributed by atoms with Crippen LogP contribution < -0.4 is 15.4 Å². The molecule has 1 heterocycles. The summed E-state index contributed by atoms with van der Waals surface area (Å²) in [4.78, 5) is 32.0. The Balaban J connectivity index is 1.95. The van der Waals surface area contributed by atoms with Crippen LogP contribution in [0.15, 0.2) is 24.3 Å². The molecule has 0 radical (unpaired) electrons. The first-order chi connectivity index (χ1) is 16.0. The van der Waals surface area contributed by atoms with Crippen molar-refractivity contribution in [3.05, 3.63) is 24.3 Å². The second-order valence-electron chi connectivity index (χ2n) is 8.39. The fraction of sp³-hybridized carbons (Fsp3) is 0.680. The van der Waals surface area contributed by atoms with Gasteiger partial charge >= 0.3 is 11.8 Å². The Labute approximate surface area is 199 Å². The van der Waals surface area contributed by atoms with Crippen LogP contribution >= 0.6 is 0 Å². The monoisotopic (exact) mass is 461 g/mol. The van der Waals surface area contributed by atoms with E-state index in [1.807, 2.05) is 12.1 Å². The number of carbonyl (C=O) groups is 2. The molecule has 1 aromatic rings. The van der Waals surface area contributed by atoms with Crippen LogP contribution in [0.2, 0.25) is 0 Å². The Morgan fingerprint density at radius 2 is 1.39 bits per heavy atom. The lowest BCUT2D eigenvalue weighted by Gasteiger charge is -2.28. The third kappa shape index (κ3) is 9.31. The number of benzene rings is 1. The fourth-order valence-corrected chi connectivity index (χ4v) is 3.97. The van der Waals surface area contributed by atoms with E-state index in [0.29, 0.717) is 18.8 Å². The molecule has 2 N–H and O–H groups in total. The molecule has 1 aliphatic heterocycles. The van der Waals surface area contributed by atoms with E-state index in [1.165, 1.54) is 0 Å². The van der Waals surface area contributed by atoms with Gasteiger partial charge in [0, 0.05) is 31.9 Å². The highest BCUT2D eigenvalue weighted by atomic mass is 16.5. The van der Waals surface area contributed by atoms with Gasteiger partial charge in [-0.2, -0.15) is 0 Å². The number of anilines is 1. The summed E-state index contributed by atoms with van der Waals surface area (Å²) in [6.07, 6.45) is 2.20. The molecule has 0 bridgehead atoms. The first-order valence-electron chi connectivity index (χ1n) is 12.5. The summed E-state index contributed by atoms with van der Waals surface area (Å²) in [6.45, 7) is 16.7. The minimum atomic E-state index is -0.596. The summed E-state index contributed by atoms with van der Waals surface area (Å²) in [5, 5.41) is 6.09. The van der Waals surface area contributed by atoms with Crippen molar-refractivity contribution in [3.8, 4) is 5.75 Å². The van der Waals surface area contributed by atoms with Crippen LogP contribution in [0.1, 0.15) is 40.5 Å². The summed E-state index contributed by atoms with van der Waals surface area (Å²) >= 11 is 0. The van der Waals surface area contributed by atoms with Gasteiger partial charge in [0.25, 0.3) is 0 Å². The number of piperidine rings is 1. The van der Waals surface area contributed by atoms with E-state index in [0.717, 1.165) is 70.9 Å². The van der Waals surface area contributed by atoms with Gasteiger partial charge in [-0.05, 0) is 76.4 Å². The lowest BCUT2D eigenvalue weighted by Crippen LogP contribution is -2.46. The standard InChI is InChI=1S/C25H43N5O3/c1-5-28(6-2)17-19-30(20-18-29(7-3)8-4)25(32)24(31)27-21-9-11-22(12-10-21)33-23-13-15-26-16-14-23/h9-12,23,26H,5-8,13-20H2,1-4H3,(H,27,31). The molecule has 0 aliphatic carbocycles. The molecule has 8 heteroatoms. The summed E-state index contributed by atoms with van der Waals surface area (Å²) in [6, 6.07) is 7.27. The van der Waals surface area contributed by atoms with Gasteiger partial charge in [-0.25, -0.2) is 0 Å². The normalized spacial score (nSPS) is 14.5. The molecule has 2 rings (SSSR count). The predicted octanol–water partition coefficient (Wildman–Crippen LogP) is 2.27. The highest BCUT2D eigenvalue weighted by molar-refractivity contribution is 6.39. The molecule has 2 amide bonds. The van der Waals surface area contributed by atoms with Gasteiger partial charge in [0.05, 0.1) is 0 Å². The molecule has 8 nitrogen and oxygen atoms in total. The molecule has 1 aromatic carbocycles. The largest absolute Gasteiger partial charge is 0.490 e. The van der Waals surface area contributed by atoms with Crippen LogP contribution in [-0.2, 0) is 9.59 Å². The van der Waals surface area contributed by atoms with Crippen molar-refractivity contribution in [2.24, 2.45) is 0 Å². The van der Waals surface area contributed by atoms with Gasteiger partial charge in [-0.15, -0.1) is 0 Å². The molecule has 0 aromatic heterocycles. The average Bonchev–Trinajstić information content (AvgIpc) is 2.85. The van der Waals surface area contributed by atoms with Gasteiger partial charge < -0.3 is 30.1 Å². The number of nitrogens with one attached hydrogen (secondary N) is 2. The number of hydrogen-bond donors (Lipinski definition) is 2. The summed E-state index contributed by atoms with van der Waals surface area (Å²) in [5.41, 5.74) is 0.596. The second kappa shape index (κ2) is 14.9. The molecule has 0 spiro atoms. The van der Waals surface area contributed by atoms with E-state index in [9.17, 15) is 9.59 Å². The van der Waals surface area contributed by atoms with E-state index >= 15 is 0 Å². The Kier molecular flexibility index (Phi) is 12.2. The van der Waals surface area contributed by atoms with E-state index < -0.39 is 11.8 Å². The molecular formula is C25H43N5O3. The van der Waals surface area contributed by atoms with E-state index in [-0.39, 0.29) is 6.10 Å². The van der Waals surface area contributed by atoms with Crippen LogP contribution in [0.3, 0.4) is 0 Å². The molecule has 0 unspecified atom stereocenters. The topological polar surface area (TPSA) is 77.2 Å². The SMILES string of the molecule is CCN(CC)CCN(CCN(CC)CC)C(=O)C(=O)Nc1ccc(OC2CCNCC2)cc1. The summed E-state index contributed by atoms with van der Waals surface area (Å²) in [7, 11) is 0. The van der Waals surface area contributed by atoms with Crippen molar-refractivity contribution in [2.75, 3.05) is 70.8 Å². The van der Waals surface area contributed by atoms with Gasteiger partial charge in [-0.3, -0.25) is 9.59 Å². The smallest absolute Gasteiger partial charge is 0.313 e. The van der Waals surface area contributed by atoms with Crippen LogP contribution in [-0.4, -0.2) is 98.1 Å². The predicted molar refractivity (Wildman–Crippen MR) is 134 cm³/mol. The van der Waals surface area contributed by atoms with Crippen molar-refractivity contribution in [1.82, 2.24) is 20.0 Å². The third-order valence-electron chi connectivity index (χ3n) is 6.34. The maximum Gasteiger partial charge on any atom is 0.313 e. The van der Waals surface area contributed by atoms with Gasteiger partial charge in [0.15, 0.2) is 0 Å². The minimum Gasteiger partial charge on any atom is -0.490 e. The molecule has 1 saturated heterocycles. The Bertz CT molecular complexity index is 682. The van der Waals surface area contributed by atoms with Crippen molar-refractivity contribution in [2.45, 2.75) is 46.6 Å². The zero-order chi connectivity index (χ0) is 24.1. The first kappa shape index (κ1) is 27.1. The number of nitrogens with zero attached hydrogens (tertiary/aromatic N) is 3. The van der Waals surface area contributed by atoms with E-state index in [2.05, 4.69) is 48.1 Å². The lowest BCUT2D eigenvalue weighted by atomic mass is 10.1. The number of amides is 2. The van der Waals surface area contributed by atoms with Gasteiger partial charge in [-0.1, -0.05) is 27.7 Å². The molecule has 0 atom stereocenters. The number of ether oxygens (including phenoxy) is 1. The molecule has 33 heavy (non-hydrogen) atoms. The molecule has 0 saturated carbocycles. The third-order valence-corrected chi connectivity index (χ3v) is 6.34. The quantitative estimate of drug-likeness (QED) is 0.439. The first-order valence-corrected chi connectivity index (χ1v) is 12.5. The molecule has 1 fully saturated rings. The molecule has 186 valence electrons. The van der Waals surface area contributed by atoms with Gasteiger partial charge in [0.2, 0.25) is 0 Å². The van der Waals surface area contributed by atoms with Gasteiger partial charge in [0.1, 0.15) is 11.9 Å². The number of hydrogen-bond acceptors (Lipinski definition) is 6. The maximum atomic E-state index is 13.0. The Hall–Kier alpha value is -2.16. The second-order valence-corrected chi connectivity index (χ2v) is 8.39. The summed E-state index contributed by atoms with van der Waals surface area (Å²) in [5.74, 6) is -0.295. The van der Waals surface area contributed by atoms with Crippen molar-refractivity contribution < 1.29 is 14.3 Å². The molecule has 1 aliphatic rings. The zero-order valence-corrected chi connectivity index (χ0v) is 20.9. The van der Waals surface area contributed by atoms with Crippen LogP contribution in [0.25, 0.3) is 0 Å². The fourth-order valence-electron chi connectivity index (χ4n) is 3.97. The zero-order valence-electron chi connectivity index (χ0n) is 20.9. The number of carbonyl (C=O) groups excluding carboxylic acids is 2. The van der Waals surface area contributed by atoms with Crippen molar-refractivity contribution >= 4 is 17.5 Å². The van der Waals surface area contributed by atoms with Crippen LogP contribution in [0.4, 0.5) is 5.69 Å². The Morgan fingerprint density at radius 3 is 1.88 bits per heavy atom. The highest BCUT2D eigenvalue weighted by Gasteiger charge is 2.23. The number of rotatable bonds is 13. The minimum absolute atomic E-state index is 0.221.